The fraction of sp³-hybridized carbons (Fsp3) is 0.353. The first kappa shape index (κ1) is 15.8. The smallest absolute Gasteiger partial charge is 0.305 e. The third-order valence-electron chi connectivity index (χ3n) is 3.37. The number of hydrogen-bond donors (Lipinski definition) is 1. The summed E-state index contributed by atoms with van der Waals surface area (Å²) >= 11 is 0. The van der Waals surface area contributed by atoms with E-state index < -0.39 is 0 Å². The number of rotatable bonds is 6. The molecule has 0 fully saturated rings. The first-order valence-electron chi connectivity index (χ1n) is 7.35. The number of nitrogens with one attached hydrogen (secondary N) is 1. The number of benzene rings is 1. The normalized spacial score (nSPS) is 11.7. The number of fused-ring (bicyclic) bond motifs is 1. The van der Waals surface area contributed by atoms with Crippen molar-refractivity contribution < 1.29 is 9.53 Å². The van der Waals surface area contributed by atoms with Crippen LogP contribution >= 0.6 is 0 Å². The second-order valence-corrected chi connectivity index (χ2v) is 5.06. The van der Waals surface area contributed by atoms with Gasteiger partial charge in [0.15, 0.2) is 0 Å². The number of hydrogen-bond acceptors (Lipinski definition) is 5. The quantitative estimate of drug-likeness (QED) is 0.828. The molecule has 0 aliphatic rings. The van der Waals surface area contributed by atoms with Crippen LogP contribution in [0.4, 0.5) is 5.69 Å². The summed E-state index contributed by atoms with van der Waals surface area (Å²) in [5, 5.41) is 13.5. The number of para-hydroxylation sites is 1. The molecule has 114 valence electrons. The van der Waals surface area contributed by atoms with Crippen molar-refractivity contribution in [2.24, 2.45) is 0 Å². The van der Waals surface area contributed by atoms with Crippen molar-refractivity contribution in [1.82, 2.24) is 4.98 Å². The molecule has 0 bridgehead atoms. The Morgan fingerprint density at radius 3 is 2.95 bits per heavy atom. The van der Waals surface area contributed by atoms with E-state index in [1.54, 1.807) is 13.1 Å². The molecule has 1 atom stereocenters. The van der Waals surface area contributed by atoms with E-state index in [9.17, 15) is 10.1 Å². The molecule has 1 N–H and O–H groups in total. The highest BCUT2D eigenvalue weighted by Crippen LogP contribution is 2.26. The maximum Gasteiger partial charge on any atom is 0.305 e. The lowest BCUT2D eigenvalue weighted by Gasteiger charge is -2.17. The molecule has 22 heavy (non-hydrogen) atoms. The lowest BCUT2D eigenvalue weighted by atomic mass is 10.1. The molecule has 0 aliphatic carbocycles. The van der Waals surface area contributed by atoms with Gasteiger partial charge in [-0.1, -0.05) is 18.2 Å². The second kappa shape index (κ2) is 7.41. The maximum absolute atomic E-state index is 11.4. The summed E-state index contributed by atoms with van der Waals surface area (Å²) in [6.45, 7) is 4.17. The predicted octanol–water partition coefficient (Wildman–Crippen LogP) is 3.25. The zero-order chi connectivity index (χ0) is 15.9. The molecule has 1 unspecified atom stereocenters. The van der Waals surface area contributed by atoms with Gasteiger partial charge in [-0.25, -0.2) is 0 Å². The number of ether oxygens (including phenoxy) is 1. The van der Waals surface area contributed by atoms with E-state index in [0.717, 1.165) is 16.6 Å². The highest BCUT2D eigenvalue weighted by atomic mass is 16.5. The number of carbonyl (C=O) groups excluding carboxylic acids is 1. The largest absolute Gasteiger partial charge is 0.466 e. The second-order valence-electron chi connectivity index (χ2n) is 5.06. The molecule has 1 aromatic heterocycles. The van der Waals surface area contributed by atoms with Crippen molar-refractivity contribution >= 4 is 22.6 Å². The van der Waals surface area contributed by atoms with E-state index >= 15 is 0 Å². The molecule has 1 aromatic carbocycles. The molecule has 2 aromatic rings. The van der Waals surface area contributed by atoms with Gasteiger partial charge >= 0.3 is 5.97 Å². The first-order valence-corrected chi connectivity index (χ1v) is 7.35. The lowest BCUT2D eigenvalue weighted by molar-refractivity contribution is -0.143. The zero-order valence-electron chi connectivity index (χ0n) is 12.8. The minimum Gasteiger partial charge on any atom is -0.466 e. The Balaban J connectivity index is 2.16. The van der Waals surface area contributed by atoms with Crippen LogP contribution in [0.25, 0.3) is 10.9 Å². The van der Waals surface area contributed by atoms with Gasteiger partial charge in [0.1, 0.15) is 6.07 Å². The maximum atomic E-state index is 11.4. The highest BCUT2D eigenvalue weighted by Gasteiger charge is 2.12. The molecule has 2 rings (SSSR count). The molecule has 0 saturated heterocycles. The predicted molar refractivity (Wildman–Crippen MR) is 85.4 cm³/mol. The van der Waals surface area contributed by atoms with Crippen LogP contribution < -0.4 is 5.32 Å². The van der Waals surface area contributed by atoms with Gasteiger partial charge in [0, 0.05) is 24.0 Å². The summed E-state index contributed by atoms with van der Waals surface area (Å²) in [5.74, 6) is -0.198. The van der Waals surface area contributed by atoms with Crippen molar-refractivity contribution in [3.05, 3.63) is 36.0 Å². The molecule has 0 amide bonds. The van der Waals surface area contributed by atoms with Gasteiger partial charge in [0.05, 0.1) is 23.4 Å². The van der Waals surface area contributed by atoms with Crippen molar-refractivity contribution in [2.45, 2.75) is 32.7 Å². The van der Waals surface area contributed by atoms with Gasteiger partial charge < -0.3 is 10.1 Å². The van der Waals surface area contributed by atoms with Crippen LogP contribution in [0.3, 0.4) is 0 Å². The molecular weight excluding hydrogens is 278 g/mol. The Labute approximate surface area is 129 Å². The minimum atomic E-state index is -0.198. The van der Waals surface area contributed by atoms with E-state index in [1.807, 2.05) is 31.2 Å². The third-order valence-corrected chi connectivity index (χ3v) is 3.37. The Bertz CT molecular complexity index is 707. The summed E-state index contributed by atoms with van der Waals surface area (Å²) in [4.78, 5) is 15.7. The van der Waals surface area contributed by atoms with Gasteiger partial charge in [-0.15, -0.1) is 0 Å². The molecule has 0 aliphatic heterocycles. The van der Waals surface area contributed by atoms with Gasteiger partial charge in [-0.05, 0) is 26.3 Å². The number of nitrogens with zero attached hydrogens (tertiary/aromatic N) is 2. The fourth-order valence-corrected chi connectivity index (χ4v) is 2.27. The van der Waals surface area contributed by atoms with Crippen LogP contribution in [-0.2, 0) is 9.53 Å². The lowest BCUT2D eigenvalue weighted by Crippen LogP contribution is -2.18. The summed E-state index contributed by atoms with van der Waals surface area (Å²) in [6, 6.07) is 9.88. The number of pyridine rings is 1. The number of anilines is 1. The monoisotopic (exact) mass is 297 g/mol. The molecule has 0 radical (unpaired) electrons. The van der Waals surface area contributed by atoms with Gasteiger partial charge in [-0.3, -0.25) is 9.78 Å². The molecule has 5 heteroatoms. The summed E-state index contributed by atoms with van der Waals surface area (Å²) in [5.41, 5.74) is 2.10. The number of nitriles is 1. The number of aromatic nitrogens is 1. The van der Waals surface area contributed by atoms with Crippen molar-refractivity contribution in [3.63, 3.8) is 0 Å². The minimum absolute atomic E-state index is 0.0438. The van der Waals surface area contributed by atoms with Crippen LogP contribution in [0.15, 0.2) is 30.5 Å². The molecular formula is C17H19N3O2. The number of carbonyl (C=O) groups is 1. The first-order chi connectivity index (χ1) is 10.7. The number of esters is 1. The van der Waals surface area contributed by atoms with Gasteiger partial charge in [-0.2, -0.15) is 5.26 Å². The average Bonchev–Trinajstić information content (AvgIpc) is 2.53. The standard InChI is InChI=1S/C17H19N3O2/c1-3-22-16(21)9-8-12(2)20-17-13(10-18)11-19-15-7-5-4-6-14(15)17/h4-7,11-12H,3,8-9H2,1-2H3,(H,19,20). The Kier molecular flexibility index (Phi) is 5.31. The summed E-state index contributed by atoms with van der Waals surface area (Å²) in [7, 11) is 0. The van der Waals surface area contributed by atoms with Crippen molar-refractivity contribution in [3.8, 4) is 6.07 Å². The molecule has 0 saturated carbocycles. The summed E-state index contributed by atoms with van der Waals surface area (Å²) < 4.78 is 4.93. The van der Waals surface area contributed by atoms with E-state index in [0.29, 0.717) is 25.0 Å². The van der Waals surface area contributed by atoms with Crippen LogP contribution in [0, 0.1) is 11.3 Å². The fourth-order valence-electron chi connectivity index (χ4n) is 2.27. The van der Waals surface area contributed by atoms with Crippen LogP contribution in [0.5, 0.6) is 0 Å². The zero-order valence-corrected chi connectivity index (χ0v) is 12.8. The highest BCUT2D eigenvalue weighted by molar-refractivity contribution is 5.93. The topological polar surface area (TPSA) is 75.0 Å². The summed E-state index contributed by atoms with van der Waals surface area (Å²) in [6.07, 6.45) is 2.57. The molecule has 1 heterocycles. The van der Waals surface area contributed by atoms with Crippen molar-refractivity contribution in [1.29, 1.82) is 5.26 Å². The molecule has 5 nitrogen and oxygen atoms in total. The SMILES string of the molecule is CCOC(=O)CCC(C)Nc1c(C#N)cnc2ccccc12. The van der Waals surface area contributed by atoms with E-state index in [4.69, 9.17) is 4.74 Å². The van der Waals surface area contributed by atoms with Crippen LogP contribution in [0.2, 0.25) is 0 Å². The van der Waals surface area contributed by atoms with E-state index in [1.165, 1.54) is 0 Å². The van der Waals surface area contributed by atoms with Crippen LogP contribution in [0.1, 0.15) is 32.3 Å². The third kappa shape index (κ3) is 3.73. The van der Waals surface area contributed by atoms with Gasteiger partial charge in [0.2, 0.25) is 0 Å². The average molecular weight is 297 g/mol. The van der Waals surface area contributed by atoms with Gasteiger partial charge in [0.25, 0.3) is 0 Å². The van der Waals surface area contributed by atoms with Crippen molar-refractivity contribution in [2.75, 3.05) is 11.9 Å². The van der Waals surface area contributed by atoms with Crippen LogP contribution in [-0.4, -0.2) is 23.6 Å². The molecule has 0 spiro atoms. The Morgan fingerprint density at radius 1 is 1.45 bits per heavy atom. The van der Waals surface area contributed by atoms with E-state index in [-0.39, 0.29) is 12.0 Å². The van der Waals surface area contributed by atoms with E-state index in [2.05, 4.69) is 16.4 Å². The Hall–Kier alpha value is -2.61. The Morgan fingerprint density at radius 2 is 2.23 bits per heavy atom.